The van der Waals surface area contributed by atoms with Gasteiger partial charge >= 0.3 is 0 Å². The number of aromatic hydroxyl groups is 1. The molecule has 0 bridgehead atoms. The minimum Gasteiger partial charge on any atom is -0.508 e. The maximum absolute atomic E-state index is 13.4. The number of aromatic nitrogens is 2. The summed E-state index contributed by atoms with van der Waals surface area (Å²) < 4.78 is 13.4. The van der Waals surface area contributed by atoms with Gasteiger partial charge in [0.15, 0.2) is 0 Å². The lowest BCUT2D eigenvalue weighted by atomic mass is 10.1. The van der Waals surface area contributed by atoms with Gasteiger partial charge in [-0.05, 0) is 42.5 Å². The highest BCUT2D eigenvalue weighted by molar-refractivity contribution is 6.31. The van der Waals surface area contributed by atoms with Crippen molar-refractivity contribution in [2.45, 2.75) is 6.54 Å². The van der Waals surface area contributed by atoms with E-state index in [1.807, 2.05) is 30.3 Å². The van der Waals surface area contributed by atoms with E-state index in [0.29, 0.717) is 18.1 Å². The van der Waals surface area contributed by atoms with Gasteiger partial charge in [0.1, 0.15) is 23.7 Å². The fraction of sp³-hybridized carbons (Fsp3) is 0.0476. The largest absolute Gasteiger partial charge is 0.508 e. The lowest BCUT2D eigenvalue weighted by Crippen LogP contribution is -2.01. The molecule has 7 heteroatoms. The molecule has 0 aliphatic carbocycles. The molecule has 0 saturated heterocycles. The maximum atomic E-state index is 13.4. The number of anilines is 3. The van der Waals surface area contributed by atoms with Crippen LogP contribution in [0.1, 0.15) is 5.56 Å². The van der Waals surface area contributed by atoms with Crippen LogP contribution in [-0.2, 0) is 6.54 Å². The predicted octanol–water partition coefficient (Wildman–Crippen LogP) is 5.48. The monoisotopic (exact) mass is 394 g/mol. The van der Waals surface area contributed by atoms with Gasteiger partial charge in [0.05, 0.1) is 10.5 Å². The Morgan fingerprint density at radius 3 is 2.61 bits per heavy atom. The SMILES string of the molecule is Oc1ccccc1CNc1ccc2ncnc(Nc3ccc(F)c(Cl)c3)c2c1. The van der Waals surface area contributed by atoms with Gasteiger partial charge in [-0.15, -0.1) is 0 Å². The minimum atomic E-state index is -0.476. The van der Waals surface area contributed by atoms with Crippen molar-refractivity contribution < 1.29 is 9.50 Å². The number of nitrogens with one attached hydrogen (secondary N) is 2. The molecule has 4 aromatic rings. The first-order chi connectivity index (χ1) is 13.6. The number of phenols is 1. The van der Waals surface area contributed by atoms with E-state index in [4.69, 9.17) is 11.6 Å². The first-order valence-corrected chi connectivity index (χ1v) is 8.95. The van der Waals surface area contributed by atoms with Gasteiger partial charge in [0.25, 0.3) is 0 Å². The van der Waals surface area contributed by atoms with Crippen molar-refractivity contribution in [1.29, 1.82) is 0 Å². The van der Waals surface area contributed by atoms with Crippen LogP contribution >= 0.6 is 11.6 Å². The number of hydrogen-bond acceptors (Lipinski definition) is 5. The van der Waals surface area contributed by atoms with Crippen molar-refractivity contribution >= 4 is 39.7 Å². The molecule has 0 aliphatic rings. The number of benzene rings is 3. The lowest BCUT2D eigenvalue weighted by Gasteiger charge is -2.12. The zero-order valence-corrected chi connectivity index (χ0v) is 15.4. The third-order valence-electron chi connectivity index (χ3n) is 4.29. The van der Waals surface area contributed by atoms with Gasteiger partial charge in [-0.3, -0.25) is 0 Å². The second kappa shape index (κ2) is 7.70. The Morgan fingerprint density at radius 1 is 0.964 bits per heavy atom. The number of halogens is 2. The van der Waals surface area contributed by atoms with E-state index in [0.717, 1.165) is 22.2 Å². The molecule has 4 rings (SSSR count). The zero-order valence-electron chi connectivity index (χ0n) is 14.7. The van der Waals surface area contributed by atoms with Crippen LogP contribution in [0.3, 0.4) is 0 Å². The van der Waals surface area contributed by atoms with E-state index in [9.17, 15) is 9.50 Å². The van der Waals surface area contributed by atoms with Gasteiger partial charge in [0, 0.05) is 28.9 Å². The molecule has 28 heavy (non-hydrogen) atoms. The smallest absolute Gasteiger partial charge is 0.141 e. The predicted molar refractivity (Wildman–Crippen MR) is 110 cm³/mol. The third-order valence-corrected chi connectivity index (χ3v) is 4.58. The topological polar surface area (TPSA) is 70.1 Å². The molecule has 3 aromatic carbocycles. The molecule has 0 aliphatic heterocycles. The fourth-order valence-corrected chi connectivity index (χ4v) is 3.01. The summed E-state index contributed by atoms with van der Waals surface area (Å²) in [5.74, 6) is 0.351. The number of rotatable bonds is 5. The average Bonchev–Trinajstić information content (AvgIpc) is 2.70. The number of nitrogens with zero attached hydrogens (tertiary/aromatic N) is 2. The molecule has 0 spiro atoms. The summed E-state index contributed by atoms with van der Waals surface area (Å²) >= 11 is 5.86. The summed E-state index contributed by atoms with van der Waals surface area (Å²) in [6.07, 6.45) is 1.46. The van der Waals surface area contributed by atoms with Crippen molar-refractivity contribution in [3.8, 4) is 5.75 Å². The Labute approximate surface area is 165 Å². The number of phenolic OH excluding ortho intramolecular Hbond substituents is 1. The molecule has 0 atom stereocenters. The summed E-state index contributed by atoms with van der Waals surface area (Å²) in [7, 11) is 0. The Hall–Kier alpha value is -3.38. The van der Waals surface area contributed by atoms with Crippen molar-refractivity contribution in [2.24, 2.45) is 0 Å². The first-order valence-electron chi connectivity index (χ1n) is 8.58. The molecule has 0 saturated carbocycles. The van der Waals surface area contributed by atoms with Crippen molar-refractivity contribution in [3.05, 3.63) is 83.4 Å². The molecule has 1 aromatic heterocycles. The zero-order chi connectivity index (χ0) is 19.5. The van der Waals surface area contributed by atoms with Gasteiger partial charge in [0.2, 0.25) is 0 Å². The number of para-hydroxylation sites is 1. The van der Waals surface area contributed by atoms with Crippen LogP contribution in [0, 0.1) is 5.82 Å². The molecule has 0 radical (unpaired) electrons. The normalized spacial score (nSPS) is 10.8. The standard InChI is InChI=1S/C21H16ClFN4O/c22-17-10-15(5-7-18(17)23)27-21-16-9-14(6-8-19(16)25-12-26-21)24-11-13-3-1-2-4-20(13)28/h1-10,12,24,28H,11H2,(H,25,26,27). The third kappa shape index (κ3) is 3.82. The molecule has 0 fully saturated rings. The Kier molecular flexibility index (Phi) is 4.95. The second-order valence-corrected chi connectivity index (χ2v) is 6.60. The van der Waals surface area contributed by atoms with E-state index in [1.165, 1.54) is 18.5 Å². The quantitative estimate of drug-likeness (QED) is 0.418. The molecule has 3 N–H and O–H groups in total. The number of fused-ring (bicyclic) bond motifs is 1. The highest BCUT2D eigenvalue weighted by Gasteiger charge is 2.08. The molecular formula is C21H16ClFN4O. The van der Waals surface area contributed by atoms with Gasteiger partial charge in [-0.25, -0.2) is 14.4 Å². The average molecular weight is 395 g/mol. The van der Waals surface area contributed by atoms with E-state index in [1.54, 1.807) is 18.2 Å². The van der Waals surface area contributed by atoms with Crippen LogP contribution in [0.15, 0.2) is 67.0 Å². The van der Waals surface area contributed by atoms with Crippen LogP contribution in [0.25, 0.3) is 10.9 Å². The Morgan fingerprint density at radius 2 is 1.79 bits per heavy atom. The highest BCUT2D eigenvalue weighted by Crippen LogP contribution is 2.28. The van der Waals surface area contributed by atoms with Crippen LogP contribution in [0.2, 0.25) is 5.02 Å². The minimum absolute atomic E-state index is 0.0355. The second-order valence-electron chi connectivity index (χ2n) is 6.19. The van der Waals surface area contributed by atoms with Crippen molar-refractivity contribution in [3.63, 3.8) is 0 Å². The van der Waals surface area contributed by atoms with E-state index < -0.39 is 5.82 Å². The maximum Gasteiger partial charge on any atom is 0.141 e. The lowest BCUT2D eigenvalue weighted by molar-refractivity contribution is 0.469. The molecule has 140 valence electrons. The first kappa shape index (κ1) is 18.0. The van der Waals surface area contributed by atoms with Gasteiger partial charge < -0.3 is 15.7 Å². The molecule has 0 amide bonds. The fourth-order valence-electron chi connectivity index (χ4n) is 2.83. The van der Waals surface area contributed by atoms with E-state index in [-0.39, 0.29) is 10.8 Å². The van der Waals surface area contributed by atoms with Crippen LogP contribution < -0.4 is 10.6 Å². The summed E-state index contributed by atoms with van der Waals surface area (Å²) in [6.45, 7) is 0.474. The summed E-state index contributed by atoms with van der Waals surface area (Å²) in [5, 5.41) is 17.2. The molecule has 1 heterocycles. The van der Waals surface area contributed by atoms with Crippen LogP contribution in [0.4, 0.5) is 21.6 Å². The highest BCUT2D eigenvalue weighted by atomic mass is 35.5. The van der Waals surface area contributed by atoms with Crippen LogP contribution in [-0.4, -0.2) is 15.1 Å². The number of hydrogen-bond donors (Lipinski definition) is 3. The molecule has 0 unspecified atom stereocenters. The Balaban J connectivity index is 1.61. The van der Waals surface area contributed by atoms with Crippen LogP contribution in [0.5, 0.6) is 5.75 Å². The molecular weight excluding hydrogens is 379 g/mol. The van der Waals surface area contributed by atoms with Gasteiger partial charge in [-0.2, -0.15) is 0 Å². The summed E-state index contributed by atoms with van der Waals surface area (Å²) in [5.41, 5.74) is 3.04. The summed E-state index contributed by atoms with van der Waals surface area (Å²) in [4.78, 5) is 8.58. The van der Waals surface area contributed by atoms with E-state index in [2.05, 4.69) is 20.6 Å². The van der Waals surface area contributed by atoms with Crippen molar-refractivity contribution in [1.82, 2.24) is 9.97 Å². The molecule has 5 nitrogen and oxygen atoms in total. The van der Waals surface area contributed by atoms with E-state index >= 15 is 0 Å². The Bertz CT molecular complexity index is 1150. The van der Waals surface area contributed by atoms with Crippen molar-refractivity contribution in [2.75, 3.05) is 10.6 Å². The van der Waals surface area contributed by atoms with Gasteiger partial charge in [-0.1, -0.05) is 29.8 Å². The summed E-state index contributed by atoms with van der Waals surface area (Å²) in [6, 6.07) is 17.3.